The number of fused-ring (bicyclic) bond motifs is 6. The first-order valence-electron chi connectivity index (χ1n) is 8.91. The van der Waals surface area contributed by atoms with E-state index in [4.69, 9.17) is 10.5 Å². The highest BCUT2D eigenvalue weighted by Gasteiger charge is 2.19. The van der Waals surface area contributed by atoms with Crippen molar-refractivity contribution in [3.63, 3.8) is 0 Å². The number of benzene rings is 3. The van der Waals surface area contributed by atoms with Gasteiger partial charge in [-0.2, -0.15) is 10.5 Å². The fraction of sp³-hybridized carbons (Fsp3) is 0. The highest BCUT2D eigenvalue weighted by molar-refractivity contribution is 7.19. The van der Waals surface area contributed by atoms with Gasteiger partial charge in [-0.1, -0.05) is 48.5 Å². The molecule has 3 aromatic heterocycles. The van der Waals surface area contributed by atoms with Crippen LogP contribution in [-0.4, -0.2) is 4.40 Å². The number of nitrogens with zero attached hydrogens (tertiary/aromatic N) is 3. The van der Waals surface area contributed by atoms with E-state index in [0.29, 0.717) is 0 Å². The molecule has 0 saturated heterocycles. The van der Waals surface area contributed by atoms with Gasteiger partial charge in [0.15, 0.2) is 0 Å². The third-order valence-electron chi connectivity index (χ3n) is 5.43. The summed E-state index contributed by atoms with van der Waals surface area (Å²) in [5.74, 6) is 0. The van der Waals surface area contributed by atoms with Crippen molar-refractivity contribution in [1.29, 1.82) is 10.5 Å². The molecule has 0 bridgehead atoms. The van der Waals surface area contributed by atoms with Gasteiger partial charge in [-0.25, -0.2) is 0 Å². The smallest absolute Gasteiger partial charge is 0.131 e. The van der Waals surface area contributed by atoms with E-state index in [1.54, 1.807) is 17.4 Å². The van der Waals surface area contributed by atoms with Gasteiger partial charge in [0.2, 0.25) is 0 Å². The van der Waals surface area contributed by atoms with Crippen molar-refractivity contribution in [2.45, 2.75) is 0 Å². The zero-order valence-corrected chi connectivity index (χ0v) is 15.4. The molecular formula is C24H11N3S. The van der Waals surface area contributed by atoms with Crippen LogP contribution in [0.25, 0.3) is 54.3 Å². The lowest BCUT2D eigenvalue weighted by Gasteiger charge is -2.09. The average Bonchev–Trinajstić information content (AvgIpc) is 3.30. The molecule has 128 valence electrons. The first-order chi connectivity index (χ1) is 13.8. The van der Waals surface area contributed by atoms with Crippen LogP contribution in [0.2, 0.25) is 0 Å². The predicted octanol–water partition coefficient (Wildman–Crippen LogP) is 6.48. The third kappa shape index (κ3) is 1.80. The minimum Gasteiger partial charge on any atom is -0.299 e. The summed E-state index contributed by atoms with van der Waals surface area (Å²) in [4.78, 5) is 2.05. The molecular weight excluding hydrogens is 362 g/mol. The summed E-state index contributed by atoms with van der Waals surface area (Å²) in [6.07, 6.45) is 1.68. The maximum Gasteiger partial charge on any atom is 0.131 e. The maximum atomic E-state index is 9.15. The van der Waals surface area contributed by atoms with Gasteiger partial charge >= 0.3 is 0 Å². The van der Waals surface area contributed by atoms with Gasteiger partial charge in [0.1, 0.15) is 22.5 Å². The van der Waals surface area contributed by atoms with E-state index in [2.05, 4.69) is 65.1 Å². The predicted molar refractivity (Wildman–Crippen MR) is 116 cm³/mol. The van der Waals surface area contributed by atoms with Gasteiger partial charge in [-0.3, -0.25) is 4.40 Å². The largest absolute Gasteiger partial charge is 0.299 e. The first-order valence-corrected chi connectivity index (χ1v) is 9.73. The van der Waals surface area contributed by atoms with Crippen LogP contribution in [0.3, 0.4) is 0 Å². The van der Waals surface area contributed by atoms with Crippen molar-refractivity contribution in [2.75, 3.05) is 0 Å². The second-order valence-corrected chi connectivity index (χ2v) is 7.93. The Labute approximate surface area is 163 Å². The second kappa shape index (κ2) is 5.33. The van der Waals surface area contributed by atoms with Crippen LogP contribution in [0.5, 0.6) is 0 Å². The summed E-state index contributed by atoms with van der Waals surface area (Å²) in [5, 5.41) is 25.6. The lowest BCUT2D eigenvalue weighted by Crippen LogP contribution is -1.88. The summed E-state index contributed by atoms with van der Waals surface area (Å²) in [6, 6.07) is 25.3. The number of hydrogen-bond donors (Lipinski definition) is 0. The average molecular weight is 373 g/mol. The van der Waals surface area contributed by atoms with Crippen molar-refractivity contribution in [1.82, 2.24) is 4.40 Å². The van der Waals surface area contributed by atoms with Gasteiger partial charge in [-0.15, -0.1) is 11.3 Å². The molecule has 6 rings (SSSR count). The normalized spacial score (nSPS) is 11.5. The standard InChI is InChI=1S/C24H11N3S/c25-12-14(13-26)10-16-11-20-18-6-3-4-15-8-9-19-17-5-1-2-7-21(17)27(24(20)28-16)23(19)22(15)18/h1-11H. The minimum absolute atomic E-state index is 0.122. The van der Waals surface area contributed by atoms with Crippen molar-refractivity contribution in [3.8, 4) is 12.1 Å². The van der Waals surface area contributed by atoms with Crippen LogP contribution >= 0.6 is 11.3 Å². The van der Waals surface area contributed by atoms with Gasteiger partial charge in [0.05, 0.1) is 11.0 Å². The molecule has 0 atom stereocenters. The second-order valence-electron chi connectivity index (χ2n) is 6.87. The molecule has 0 saturated carbocycles. The van der Waals surface area contributed by atoms with Crippen LogP contribution in [-0.2, 0) is 0 Å². The molecule has 0 N–H and O–H groups in total. The molecule has 3 heterocycles. The number of para-hydroxylation sites is 1. The van der Waals surface area contributed by atoms with Crippen LogP contribution in [0.1, 0.15) is 4.88 Å². The zero-order valence-electron chi connectivity index (χ0n) is 14.6. The van der Waals surface area contributed by atoms with Crippen LogP contribution in [0.15, 0.2) is 66.2 Å². The summed E-state index contributed by atoms with van der Waals surface area (Å²) in [6.45, 7) is 0. The molecule has 0 aliphatic carbocycles. The van der Waals surface area contributed by atoms with E-state index in [-0.39, 0.29) is 5.57 Å². The Morgan fingerprint density at radius 2 is 1.68 bits per heavy atom. The van der Waals surface area contributed by atoms with E-state index in [0.717, 1.165) is 15.1 Å². The van der Waals surface area contributed by atoms with Crippen molar-refractivity contribution >= 4 is 65.6 Å². The monoisotopic (exact) mass is 373 g/mol. The maximum absolute atomic E-state index is 9.15. The van der Waals surface area contributed by atoms with Crippen molar-refractivity contribution in [2.24, 2.45) is 0 Å². The van der Waals surface area contributed by atoms with Gasteiger partial charge in [0.25, 0.3) is 0 Å². The van der Waals surface area contributed by atoms with Gasteiger partial charge < -0.3 is 0 Å². The topological polar surface area (TPSA) is 52.0 Å². The SMILES string of the molecule is N#CC(C#N)=Cc1cc2c3cccc4ccc5c6ccccc6n(c2s1)c5c43. The van der Waals surface area contributed by atoms with E-state index in [1.165, 1.54) is 38.0 Å². The Hall–Kier alpha value is -3.86. The Balaban J connectivity index is 1.94. The third-order valence-corrected chi connectivity index (χ3v) is 6.50. The Morgan fingerprint density at radius 3 is 2.54 bits per heavy atom. The van der Waals surface area contributed by atoms with Gasteiger partial charge in [-0.05, 0) is 29.0 Å². The minimum atomic E-state index is 0.122. The molecule has 6 aromatic rings. The Bertz CT molecular complexity index is 1670. The number of thiophene rings is 1. The summed E-state index contributed by atoms with van der Waals surface area (Å²) >= 11 is 1.62. The van der Waals surface area contributed by atoms with E-state index in [1.807, 2.05) is 12.1 Å². The molecule has 0 aliphatic rings. The van der Waals surface area contributed by atoms with Crippen molar-refractivity contribution in [3.05, 3.63) is 71.1 Å². The molecule has 3 nitrogen and oxygen atoms in total. The molecule has 4 heteroatoms. The molecule has 0 spiro atoms. The molecule has 3 aromatic carbocycles. The highest BCUT2D eigenvalue weighted by Crippen LogP contribution is 2.43. The number of rotatable bonds is 1. The summed E-state index contributed by atoms with van der Waals surface area (Å²) in [7, 11) is 0. The molecule has 0 amide bonds. The lowest BCUT2D eigenvalue weighted by molar-refractivity contribution is 1.38. The molecule has 28 heavy (non-hydrogen) atoms. The Kier molecular flexibility index (Phi) is 2.90. The fourth-order valence-corrected chi connectivity index (χ4v) is 5.46. The summed E-state index contributed by atoms with van der Waals surface area (Å²) < 4.78 is 2.34. The van der Waals surface area contributed by atoms with Crippen LogP contribution in [0, 0.1) is 22.7 Å². The number of allylic oxidation sites excluding steroid dienone is 1. The number of hydrogen-bond acceptors (Lipinski definition) is 3. The van der Waals surface area contributed by atoms with Gasteiger partial charge in [0, 0.05) is 26.4 Å². The number of nitriles is 2. The zero-order chi connectivity index (χ0) is 18.8. The number of aromatic nitrogens is 1. The van der Waals surface area contributed by atoms with E-state index < -0.39 is 0 Å². The highest BCUT2D eigenvalue weighted by atomic mass is 32.1. The van der Waals surface area contributed by atoms with Crippen LogP contribution < -0.4 is 0 Å². The molecule has 0 aliphatic heterocycles. The Morgan fingerprint density at radius 1 is 0.857 bits per heavy atom. The molecule has 0 radical (unpaired) electrons. The number of pyridine rings is 1. The van der Waals surface area contributed by atoms with Crippen LogP contribution in [0.4, 0.5) is 0 Å². The molecule has 0 unspecified atom stereocenters. The first kappa shape index (κ1) is 15.2. The quantitative estimate of drug-likeness (QED) is 0.310. The van der Waals surface area contributed by atoms with E-state index in [9.17, 15) is 0 Å². The van der Waals surface area contributed by atoms with E-state index >= 15 is 0 Å². The molecule has 0 fully saturated rings. The summed E-state index contributed by atoms with van der Waals surface area (Å²) in [5.41, 5.74) is 2.54. The fourth-order valence-electron chi connectivity index (χ4n) is 4.32. The lowest BCUT2D eigenvalue weighted by atomic mass is 10.0. The van der Waals surface area contributed by atoms with Crippen molar-refractivity contribution < 1.29 is 0 Å².